The molecule has 1 amide bonds. The van der Waals surface area contributed by atoms with Gasteiger partial charge in [-0.25, -0.2) is 8.42 Å². The summed E-state index contributed by atoms with van der Waals surface area (Å²) >= 11 is 0. The highest BCUT2D eigenvalue weighted by Crippen LogP contribution is 2.24. The summed E-state index contributed by atoms with van der Waals surface area (Å²) in [6.45, 7) is 11.0. The molecule has 0 aliphatic carbocycles. The van der Waals surface area contributed by atoms with Crippen molar-refractivity contribution >= 4 is 21.6 Å². The smallest absolute Gasteiger partial charge is 0.261 e. The molecular formula is C20H28N4O4S. The monoisotopic (exact) mass is 420 g/mol. The van der Waals surface area contributed by atoms with E-state index in [9.17, 15) is 13.2 Å². The standard InChI is InChI=1S/C20H28N4O4S/c1-5-23-10-12-24(13-11-23)29(26,27)17-8-6-16(7-9-17)21-20(25)18-15(4)22-28-19(18)14(2)3/h6-9,14H,5,10-13H2,1-4H3,(H,21,25). The summed E-state index contributed by atoms with van der Waals surface area (Å²) in [7, 11) is -3.54. The summed E-state index contributed by atoms with van der Waals surface area (Å²) in [5.41, 5.74) is 1.46. The number of likely N-dealkylation sites (N-methyl/N-ethyl adjacent to an activating group) is 1. The lowest BCUT2D eigenvalue weighted by molar-refractivity contribution is 0.102. The van der Waals surface area contributed by atoms with Crippen molar-refractivity contribution in [3.05, 3.63) is 41.3 Å². The van der Waals surface area contributed by atoms with Gasteiger partial charge >= 0.3 is 0 Å². The number of hydrogen-bond acceptors (Lipinski definition) is 6. The molecule has 0 saturated carbocycles. The normalized spacial score (nSPS) is 16.3. The maximum atomic E-state index is 12.9. The third kappa shape index (κ3) is 4.52. The molecule has 2 aromatic rings. The maximum absolute atomic E-state index is 12.9. The average Bonchev–Trinajstić information content (AvgIpc) is 3.10. The third-order valence-corrected chi connectivity index (χ3v) is 7.08. The van der Waals surface area contributed by atoms with Crippen molar-refractivity contribution in [3.63, 3.8) is 0 Å². The zero-order valence-electron chi connectivity index (χ0n) is 17.3. The number of carbonyl (C=O) groups is 1. The van der Waals surface area contributed by atoms with Crippen LogP contribution in [0.25, 0.3) is 0 Å². The van der Waals surface area contributed by atoms with E-state index in [1.807, 2.05) is 13.8 Å². The third-order valence-electron chi connectivity index (χ3n) is 5.17. The van der Waals surface area contributed by atoms with Crippen LogP contribution in [0.3, 0.4) is 0 Å². The number of nitrogens with zero attached hydrogens (tertiary/aromatic N) is 3. The molecule has 1 aliphatic rings. The Morgan fingerprint density at radius 1 is 1.17 bits per heavy atom. The van der Waals surface area contributed by atoms with Crippen LogP contribution >= 0.6 is 0 Å². The minimum atomic E-state index is -3.54. The molecular weight excluding hydrogens is 392 g/mol. The summed E-state index contributed by atoms with van der Waals surface area (Å²) in [5.74, 6) is 0.238. The van der Waals surface area contributed by atoms with Gasteiger partial charge in [0.2, 0.25) is 10.0 Å². The van der Waals surface area contributed by atoms with E-state index >= 15 is 0 Å². The Bertz CT molecular complexity index is 959. The van der Waals surface area contributed by atoms with E-state index < -0.39 is 10.0 Å². The van der Waals surface area contributed by atoms with Gasteiger partial charge in [-0.05, 0) is 37.7 Å². The van der Waals surface area contributed by atoms with E-state index in [1.165, 1.54) is 16.4 Å². The molecule has 1 fully saturated rings. The van der Waals surface area contributed by atoms with Crippen molar-refractivity contribution in [1.82, 2.24) is 14.4 Å². The number of amides is 1. The van der Waals surface area contributed by atoms with Crippen LogP contribution in [0.2, 0.25) is 0 Å². The van der Waals surface area contributed by atoms with E-state index in [2.05, 4.69) is 22.3 Å². The second-order valence-corrected chi connectivity index (χ2v) is 9.42. The number of rotatable bonds is 6. The topological polar surface area (TPSA) is 95.8 Å². The predicted molar refractivity (Wildman–Crippen MR) is 111 cm³/mol. The van der Waals surface area contributed by atoms with Gasteiger partial charge in [0.15, 0.2) is 5.76 Å². The first-order chi connectivity index (χ1) is 13.7. The zero-order valence-corrected chi connectivity index (χ0v) is 18.1. The van der Waals surface area contributed by atoms with Gasteiger partial charge in [0.1, 0.15) is 5.56 Å². The molecule has 1 aliphatic heterocycles. The molecule has 9 heteroatoms. The Labute approximate surface area is 171 Å². The first-order valence-electron chi connectivity index (χ1n) is 9.84. The lowest BCUT2D eigenvalue weighted by Gasteiger charge is -2.33. The SMILES string of the molecule is CCN1CCN(S(=O)(=O)c2ccc(NC(=O)c3c(C)noc3C(C)C)cc2)CC1. The van der Waals surface area contributed by atoms with Crippen LogP contribution < -0.4 is 5.32 Å². The molecule has 1 N–H and O–H groups in total. The van der Waals surface area contributed by atoms with Crippen molar-refractivity contribution in [2.24, 2.45) is 0 Å². The largest absolute Gasteiger partial charge is 0.360 e. The number of aryl methyl sites for hydroxylation is 1. The fourth-order valence-electron chi connectivity index (χ4n) is 3.40. The Balaban J connectivity index is 1.72. The van der Waals surface area contributed by atoms with Gasteiger partial charge in [-0.2, -0.15) is 4.31 Å². The van der Waals surface area contributed by atoms with Gasteiger partial charge in [-0.1, -0.05) is 25.9 Å². The Morgan fingerprint density at radius 3 is 2.34 bits per heavy atom. The number of sulfonamides is 1. The number of carbonyl (C=O) groups excluding carboxylic acids is 1. The summed E-state index contributed by atoms with van der Waals surface area (Å²) < 4.78 is 32.5. The highest BCUT2D eigenvalue weighted by atomic mass is 32.2. The molecule has 0 bridgehead atoms. The summed E-state index contributed by atoms with van der Waals surface area (Å²) in [5, 5.41) is 6.68. The van der Waals surface area contributed by atoms with Gasteiger partial charge in [-0.3, -0.25) is 4.79 Å². The number of benzene rings is 1. The van der Waals surface area contributed by atoms with Crippen LogP contribution in [0.1, 0.15) is 48.5 Å². The van der Waals surface area contributed by atoms with Gasteiger partial charge in [0.05, 0.1) is 10.6 Å². The minimum Gasteiger partial charge on any atom is -0.360 e. The number of anilines is 1. The molecule has 1 aromatic heterocycles. The molecule has 158 valence electrons. The molecule has 29 heavy (non-hydrogen) atoms. The summed E-state index contributed by atoms with van der Waals surface area (Å²) in [6, 6.07) is 6.26. The van der Waals surface area contributed by atoms with Crippen LogP contribution in [0.4, 0.5) is 5.69 Å². The zero-order chi connectivity index (χ0) is 21.2. The highest BCUT2D eigenvalue weighted by Gasteiger charge is 2.28. The van der Waals surface area contributed by atoms with Crippen LogP contribution in [-0.4, -0.2) is 61.4 Å². The van der Waals surface area contributed by atoms with Crippen LogP contribution in [0.5, 0.6) is 0 Å². The quantitative estimate of drug-likeness (QED) is 0.772. The fourth-order valence-corrected chi connectivity index (χ4v) is 4.82. The van der Waals surface area contributed by atoms with Crippen molar-refractivity contribution in [2.45, 2.75) is 38.5 Å². The van der Waals surface area contributed by atoms with Crippen molar-refractivity contribution < 1.29 is 17.7 Å². The molecule has 0 unspecified atom stereocenters. The Morgan fingerprint density at radius 2 is 1.79 bits per heavy atom. The maximum Gasteiger partial charge on any atom is 0.261 e. The summed E-state index contributed by atoms with van der Waals surface area (Å²) in [4.78, 5) is 15.1. The van der Waals surface area contributed by atoms with E-state index in [1.54, 1.807) is 19.1 Å². The van der Waals surface area contributed by atoms with Crippen molar-refractivity contribution in [3.8, 4) is 0 Å². The molecule has 2 heterocycles. The molecule has 0 atom stereocenters. The molecule has 1 saturated heterocycles. The highest BCUT2D eigenvalue weighted by molar-refractivity contribution is 7.89. The average molecular weight is 421 g/mol. The number of nitrogens with one attached hydrogen (secondary N) is 1. The van der Waals surface area contributed by atoms with Crippen molar-refractivity contribution in [2.75, 3.05) is 38.0 Å². The lowest BCUT2D eigenvalue weighted by atomic mass is 10.0. The molecule has 0 radical (unpaired) electrons. The van der Waals surface area contributed by atoms with Crippen LogP contribution in [-0.2, 0) is 10.0 Å². The molecule has 8 nitrogen and oxygen atoms in total. The van der Waals surface area contributed by atoms with E-state index in [0.717, 1.165) is 19.6 Å². The molecule has 1 aromatic carbocycles. The van der Waals surface area contributed by atoms with E-state index in [0.29, 0.717) is 35.8 Å². The lowest BCUT2D eigenvalue weighted by Crippen LogP contribution is -2.48. The second kappa shape index (κ2) is 8.64. The van der Waals surface area contributed by atoms with Crippen LogP contribution in [0, 0.1) is 6.92 Å². The van der Waals surface area contributed by atoms with Gasteiger partial charge in [-0.15, -0.1) is 0 Å². The van der Waals surface area contributed by atoms with Gasteiger partial charge in [0.25, 0.3) is 5.91 Å². The Kier molecular flexibility index (Phi) is 6.40. The van der Waals surface area contributed by atoms with Gasteiger partial charge in [0, 0.05) is 37.8 Å². The van der Waals surface area contributed by atoms with E-state index in [4.69, 9.17) is 4.52 Å². The van der Waals surface area contributed by atoms with Crippen LogP contribution in [0.15, 0.2) is 33.7 Å². The molecule has 0 spiro atoms. The van der Waals surface area contributed by atoms with E-state index in [-0.39, 0.29) is 16.7 Å². The predicted octanol–water partition coefficient (Wildman–Crippen LogP) is 2.68. The fraction of sp³-hybridized carbons (Fsp3) is 0.500. The first-order valence-corrected chi connectivity index (χ1v) is 11.3. The van der Waals surface area contributed by atoms with Gasteiger partial charge < -0.3 is 14.7 Å². The number of piperazine rings is 1. The van der Waals surface area contributed by atoms with Crippen molar-refractivity contribution in [1.29, 1.82) is 0 Å². The Hall–Kier alpha value is -2.23. The molecule has 3 rings (SSSR count). The second-order valence-electron chi connectivity index (χ2n) is 7.48. The number of aromatic nitrogens is 1. The number of hydrogen-bond donors (Lipinski definition) is 1. The summed E-state index contributed by atoms with van der Waals surface area (Å²) in [6.07, 6.45) is 0. The minimum absolute atomic E-state index is 0.0256. The first kappa shape index (κ1) is 21.5.